The summed E-state index contributed by atoms with van der Waals surface area (Å²) in [5.74, 6) is 0.272. The van der Waals surface area contributed by atoms with Crippen LogP contribution in [0.4, 0.5) is 0 Å². The summed E-state index contributed by atoms with van der Waals surface area (Å²) in [7, 11) is 0. The summed E-state index contributed by atoms with van der Waals surface area (Å²) in [6.45, 7) is 0.565. The maximum Gasteiger partial charge on any atom is 0.258 e. The number of aromatic nitrogens is 2. The zero-order valence-electron chi connectivity index (χ0n) is 15.5. The van der Waals surface area contributed by atoms with Crippen LogP contribution in [0.3, 0.4) is 0 Å². The number of benzene rings is 3. The van der Waals surface area contributed by atoms with Gasteiger partial charge in [0.25, 0.3) is 11.5 Å². The van der Waals surface area contributed by atoms with E-state index < -0.39 is 0 Å². The van der Waals surface area contributed by atoms with E-state index in [-0.39, 0.29) is 18.0 Å². The highest BCUT2D eigenvalue weighted by Gasteiger charge is 2.18. The van der Waals surface area contributed by atoms with Gasteiger partial charge in [0.15, 0.2) is 0 Å². The maximum atomic E-state index is 13.2. The van der Waals surface area contributed by atoms with Gasteiger partial charge < -0.3 is 9.88 Å². The molecule has 5 nitrogen and oxygen atoms in total. The van der Waals surface area contributed by atoms with Gasteiger partial charge in [-0.15, -0.1) is 0 Å². The number of hydrogen-bond acceptors (Lipinski definition) is 3. The van der Waals surface area contributed by atoms with Gasteiger partial charge in [-0.1, -0.05) is 54.1 Å². The van der Waals surface area contributed by atoms with Gasteiger partial charge in [-0.2, -0.15) is 0 Å². The SMILES string of the molecule is O=C(c1ccc(Cl)cc1)N(Cc1ccccc1)Cc1nc2ccccc2c(=O)[nH]1. The van der Waals surface area contributed by atoms with Crippen molar-refractivity contribution in [3.63, 3.8) is 0 Å². The van der Waals surface area contributed by atoms with Crippen molar-refractivity contribution in [1.82, 2.24) is 14.9 Å². The molecule has 4 rings (SSSR count). The molecule has 0 saturated heterocycles. The summed E-state index contributed by atoms with van der Waals surface area (Å²) < 4.78 is 0. The number of nitrogens with zero attached hydrogens (tertiary/aromatic N) is 2. The van der Waals surface area contributed by atoms with Gasteiger partial charge in [-0.05, 0) is 42.0 Å². The molecule has 1 N–H and O–H groups in total. The van der Waals surface area contributed by atoms with E-state index in [4.69, 9.17) is 11.6 Å². The van der Waals surface area contributed by atoms with Crippen LogP contribution in [0.1, 0.15) is 21.7 Å². The standard InChI is InChI=1S/C23H18ClN3O2/c24-18-12-10-17(11-13-18)23(29)27(14-16-6-2-1-3-7-16)15-21-25-20-9-5-4-8-19(20)22(28)26-21/h1-13H,14-15H2,(H,25,26,28). The van der Waals surface area contributed by atoms with Gasteiger partial charge in [0.05, 0.1) is 17.4 Å². The molecule has 1 heterocycles. The minimum Gasteiger partial charge on any atom is -0.327 e. The van der Waals surface area contributed by atoms with Crippen LogP contribution in [0, 0.1) is 0 Å². The van der Waals surface area contributed by atoms with Gasteiger partial charge in [-0.3, -0.25) is 9.59 Å². The highest BCUT2D eigenvalue weighted by atomic mass is 35.5. The molecule has 1 amide bonds. The van der Waals surface area contributed by atoms with E-state index in [1.165, 1.54) is 0 Å². The fourth-order valence-corrected chi connectivity index (χ4v) is 3.29. The van der Waals surface area contributed by atoms with Crippen molar-refractivity contribution in [1.29, 1.82) is 0 Å². The molecule has 0 bridgehead atoms. The first-order valence-corrected chi connectivity index (χ1v) is 9.54. The minimum atomic E-state index is -0.218. The number of halogens is 1. The number of carbonyl (C=O) groups is 1. The molecule has 6 heteroatoms. The Kier molecular flexibility index (Phi) is 5.40. The molecule has 3 aromatic carbocycles. The number of carbonyl (C=O) groups excluding carboxylic acids is 1. The summed E-state index contributed by atoms with van der Waals surface area (Å²) in [5.41, 5.74) is 1.89. The number of fused-ring (bicyclic) bond motifs is 1. The molecule has 0 atom stereocenters. The normalized spacial score (nSPS) is 10.8. The average molecular weight is 404 g/mol. The molecular formula is C23H18ClN3O2. The molecule has 0 fully saturated rings. The predicted octanol–water partition coefficient (Wildman–Crippen LogP) is 4.42. The number of hydrogen-bond donors (Lipinski definition) is 1. The highest BCUT2D eigenvalue weighted by Crippen LogP contribution is 2.16. The lowest BCUT2D eigenvalue weighted by molar-refractivity contribution is 0.0725. The molecule has 29 heavy (non-hydrogen) atoms. The van der Waals surface area contributed by atoms with Gasteiger partial charge in [0.1, 0.15) is 5.82 Å². The monoisotopic (exact) mass is 403 g/mol. The lowest BCUT2D eigenvalue weighted by Gasteiger charge is -2.22. The summed E-state index contributed by atoms with van der Waals surface area (Å²) in [6, 6.07) is 23.6. The minimum absolute atomic E-state index is 0.165. The van der Waals surface area contributed by atoms with Crippen molar-refractivity contribution in [3.05, 3.63) is 111 Å². The van der Waals surface area contributed by atoms with Crippen LogP contribution in [-0.4, -0.2) is 20.8 Å². The Balaban J connectivity index is 1.69. The van der Waals surface area contributed by atoms with E-state index >= 15 is 0 Å². The van der Waals surface area contributed by atoms with E-state index in [9.17, 15) is 9.59 Å². The number of nitrogens with one attached hydrogen (secondary N) is 1. The molecule has 4 aromatic rings. The molecule has 0 saturated carbocycles. The van der Waals surface area contributed by atoms with Crippen molar-refractivity contribution < 1.29 is 4.79 Å². The third kappa shape index (κ3) is 4.36. The Hall–Kier alpha value is -3.44. The van der Waals surface area contributed by atoms with Crippen LogP contribution in [0.2, 0.25) is 5.02 Å². The van der Waals surface area contributed by atoms with Crippen molar-refractivity contribution in [2.45, 2.75) is 13.1 Å². The summed E-state index contributed by atoms with van der Waals surface area (Å²) in [5, 5.41) is 1.09. The van der Waals surface area contributed by atoms with Crippen LogP contribution in [0.5, 0.6) is 0 Å². The Labute approximate surface area is 172 Å². The molecule has 0 unspecified atom stereocenters. The molecule has 0 spiro atoms. The number of rotatable bonds is 5. The fourth-order valence-electron chi connectivity index (χ4n) is 3.17. The quantitative estimate of drug-likeness (QED) is 0.536. The molecular weight excluding hydrogens is 386 g/mol. The number of para-hydroxylation sites is 1. The zero-order chi connectivity index (χ0) is 20.2. The second-order valence-electron chi connectivity index (χ2n) is 6.68. The molecule has 1 aromatic heterocycles. The third-order valence-electron chi connectivity index (χ3n) is 4.60. The number of amides is 1. The maximum absolute atomic E-state index is 13.2. The Bertz CT molecular complexity index is 1200. The van der Waals surface area contributed by atoms with Crippen LogP contribution < -0.4 is 5.56 Å². The van der Waals surface area contributed by atoms with Gasteiger partial charge in [-0.25, -0.2) is 4.98 Å². The van der Waals surface area contributed by atoms with Crippen molar-refractivity contribution in [2.75, 3.05) is 0 Å². The van der Waals surface area contributed by atoms with Crippen LogP contribution in [0.25, 0.3) is 10.9 Å². The molecule has 0 aliphatic rings. The Morgan fingerprint density at radius 1 is 0.897 bits per heavy atom. The van der Waals surface area contributed by atoms with Gasteiger partial charge in [0.2, 0.25) is 0 Å². The largest absolute Gasteiger partial charge is 0.327 e. The summed E-state index contributed by atoms with van der Waals surface area (Å²) in [6.07, 6.45) is 0. The van der Waals surface area contributed by atoms with Crippen LogP contribution >= 0.6 is 11.6 Å². The topological polar surface area (TPSA) is 66.1 Å². The molecule has 0 aliphatic heterocycles. The van der Waals surface area contributed by atoms with Gasteiger partial charge in [0, 0.05) is 17.1 Å². The smallest absolute Gasteiger partial charge is 0.258 e. The first-order valence-electron chi connectivity index (χ1n) is 9.17. The lowest BCUT2D eigenvalue weighted by Crippen LogP contribution is -2.31. The third-order valence-corrected chi connectivity index (χ3v) is 4.85. The first kappa shape index (κ1) is 18.9. The lowest BCUT2D eigenvalue weighted by atomic mass is 10.1. The fraction of sp³-hybridized carbons (Fsp3) is 0.0870. The number of aromatic amines is 1. The second-order valence-corrected chi connectivity index (χ2v) is 7.12. The molecule has 0 aliphatic carbocycles. The Morgan fingerprint density at radius 3 is 2.34 bits per heavy atom. The van der Waals surface area contributed by atoms with Crippen molar-refractivity contribution >= 4 is 28.4 Å². The van der Waals surface area contributed by atoms with E-state index in [2.05, 4.69) is 9.97 Å². The van der Waals surface area contributed by atoms with Crippen molar-refractivity contribution in [2.24, 2.45) is 0 Å². The van der Waals surface area contributed by atoms with E-state index in [0.717, 1.165) is 5.56 Å². The summed E-state index contributed by atoms with van der Waals surface area (Å²) >= 11 is 5.95. The zero-order valence-corrected chi connectivity index (χ0v) is 16.3. The molecule has 0 radical (unpaired) electrons. The van der Waals surface area contributed by atoms with E-state index in [1.807, 2.05) is 36.4 Å². The van der Waals surface area contributed by atoms with E-state index in [0.29, 0.717) is 33.9 Å². The van der Waals surface area contributed by atoms with E-state index in [1.54, 1.807) is 47.4 Å². The number of H-pyrrole nitrogens is 1. The Morgan fingerprint density at radius 2 is 1.59 bits per heavy atom. The van der Waals surface area contributed by atoms with Crippen LogP contribution in [-0.2, 0) is 13.1 Å². The summed E-state index contributed by atoms with van der Waals surface area (Å²) in [4.78, 5) is 34.6. The van der Waals surface area contributed by atoms with Gasteiger partial charge >= 0.3 is 0 Å². The van der Waals surface area contributed by atoms with Crippen LogP contribution in [0.15, 0.2) is 83.7 Å². The van der Waals surface area contributed by atoms with Crippen molar-refractivity contribution in [3.8, 4) is 0 Å². The average Bonchev–Trinajstić information content (AvgIpc) is 2.74. The first-order chi connectivity index (χ1) is 14.1. The highest BCUT2D eigenvalue weighted by molar-refractivity contribution is 6.30. The second kappa shape index (κ2) is 8.29. The molecule has 144 valence electrons. The predicted molar refractivity (Wildman–Crippen MR) is 114 cm³/mol.